The largest absolute Gasteiger partial charge is 0.394 e. The highest BCUT2D eigenvalue weighted by Crippen LogP contribution is 2.14. The van der Waals surface area contributed by atoms with Crippen molar-refractivity contribution in [1.29, 1.82) is 0 Å². The molecule has 0 aliphatic heterocycles. The summed E-state index contributed by atoms with van der Waals surface area (Å²) in [5.41, 5.74) is 6.50. The van der Waals surface area contributed by atoms with Gasteiger partial charge in [-0.25, -0.2) is 0 Å². The van der Waals surface area contributed by atoms with Crippen LogP contribution in [0.15, 0.2) is 9.98 Å². The maximum Gasteiger partial charge on any atom is 0.137 e. The lowest BCUT2D eigenvalue weighted by molar-refractivity contribution is 0.00889. The van der Waals surface area contributed by atoms with Gasteiger partial charge in [-0.1, -0.05) is 0 Å². The second-order valence-electron chi connectivity index (χ2n) is 8.87. The van der Waals surface area contributed by atoms with Crippen molar-refractivity contribution in [3.63, 3.8) is 0 Å². The molecule has 0 spiro atoms. The number of hydrogen-bond donors (Lipinski definition) is 6. The molecule has 0 fully saturated rings. The number of aliphatic hydroxyl groups is 4. The first-order chi connectivity index (χ1) is 20.7. The molecule has 0 saturated carbocycles. The van der Waals surface area contributed by atoms with Crippen molar-refractivity contribution >= 4 is 11.4 Å². The minimum Gasteiger partial charge on any atom is -0.394 e. The van der Waals surface area contributed by atoms with Gasteiger partial charge in [-0.15, -0.1) is 0 Å². The second kappa shape index (κ2) is 32.7. The Morgan fingerprint density at radius 2 is 1.31 bits per heavy atom. The Morgan fingerprint density at radius 3 is 1.93 bits per heavy atom. The Morgan fingerprint density at radius 1 is 0.690 bits per heavy atom. The zero-order valence-electron chi connectivity index (χ0n) is 25.3. The summed E-state index contributed by atoms with van der Waals surface area (Å²) in [6.45, 7) is 6.28. The summed E-state index contributed by atoms with van der Waals surface area (Å²) < 4.78 is 38.8. The smallest absolute Gasteiger partial charge is 0.137 e. The third kappa shape index (κ3) is 24.3. The molecule has 2 unspecified atom stereocenters. The summed E-state index contributed by atoms with van der Waals surface area (Å²) in [5, 5.41) is 39.8. The lowest BCUT2D eigenvalue weighted by Gasteiger charge is -2.28. The van der Waals surface area contributed by atoms with E-state index in [1.54, 1.807) is 0 Å². The Balaban J connectivity index is 5.18. The third-order valence-corrected chi connectivity index (χ3v) is 5.61. The van der Waals surface area contributed by atoms with Gasteiger partial charge in [0.15, 0.2) is 0 Å². The van der Waals surface area contributed by atoms with Crippen molar-refractivity contribution in [3.05, 3.63) is 0 Å². The van der Waals surface area contributed by atoms with Crippen LogP contribution in [0.25, 0.3) is 0 Å². The predicted molar refractivity (Wildman–Crippen MR) is 158 cm³/mol. The second-order valence-corrected chi connectivity index (χ2v) is 8.87. The SMILES string of the molecule is CCOCCCC(COCCO)C(COCCO)NCOCCN=C(COCCO)C(COCCO)=NCOCCN. The van der Waals surface area contributed by atoms with Crippen LogP contribution in [0.2, 0.25) is 0 Å². The van der Waals surface area contributed by atoms with Crippen LogP contribution in [0.1, 0.15) is 19.8 Å². The molecule has 0 aliphatic carbocycles. The minimum absolute atomic E-state index is 0.0534. The molecule has 250 valence electrons. The highest BCUT2D eigenvalue weighted by atomic mass is 16.5. The molecule has 2 atom stereocenters. The summed E-state index contributed by atoms with van der Waals surface area (Å²) in [6.07, 6.45) is 1.67. The molecule has 15 nitrogen and oxygen atoms in total. The number of rotatable bonds is 33. The van der Waals surface area contributed by atoms with Gasteiger partial charge < -0.3 is 59.3 Å². The summed E-state index contributed by atoms with van der Waals surface area (Å²) in [6, 6.07) is -0.112. The molecule has 0 bridgehead atoms. The molecule has 42 heavy (non-hydrogen) atoms. The van der Waals surface area contributed by atoms with E-state index in [0.29, 0.717) is 64.2 Å². The molecule has 0 radical (unpaired) electrons. The predicted octanol–water partition coefficient (Wildman–Crippen LogP) is -1.80. The van der Waals surface area contributed by atoms with Gasteiger partial charge in [0.1, 0.15) is 6.73 Å². The highest BCUT2D eigenvalue weighted by Gasteiger charge is 2.22. The molecule has 7 N–H and O–H groups in total. The average Bonchev–Trinajstić information content (AvgIpc) is 3.00. The average molecular weight is 613 g/mol. The van der Waals surface area contributed by atoms with E-state index in [0.717, 1.165) is 12.8 Å². The summed E-state index contributed by atoms with van der Waals surface area (Å²) in [7, 11) is 0. The normalized spacial score (nSPS) is 14.0. The molecular weight excluding hydrogens is 556 g/mol. The van der Waals surface area contributed by atoms with Crippen LogP contribution < -0.4 is 11.1 Å². The van der Waals surface area contributed by atoms with E-state index in [1.807, 2.05) is 6.92 Å². The minimum atomic E-state index is -0.129. The van der Waals surface area contributed by atoms with Crippen LogP contribution in [0.4, 0.5) is 0 Å². The van der Waals surface area contributed by atoms with Gasteiger partial charge in [0, 0.05) is 25.8 Å². The van der Waals surface area contributed by atoms with E-state index in [9.17, 15) is 0 Å². The van der Waals surface area contributed by atoms with Gasteiger partial charge in [0.2, 0.25) is 0 Å². The van der Waals surface area contributed by atoms with Crippen molar-refractivity contribution in [2.24, 2.45) is 21.6 Å². The van der Waals surface area contributed by atoms with Crippen molar-refractivity contribution in [1.82, 2.24) is 5.32 Å². The first-order valence-electron chi connectivity index (χ1n) is 14.7. The van der Waals surface area contributed by atoms with Crippen molar-refractivity contribution in [2.45, 2.75) is 25.8 Å². The molecule has 0 aromatic rings. The van der Waals surface area contributed by atoms with E-state index in [4.69, 9.17) is 59.3 Å². The molecule has 0 saturated heterocycles. The van der Waals surface area contributed by atoms with Crippen LogP contribution >= 0.6 is 0 Å². The zero-order chi connectivity index (χ0) is 30.9. The monoisotopic (exact) mass is 612 g/mol. The summed E-state index contributed by atoms with van der Waals surface area (Å²) >= 11 is 0. The lowest BCUT2D eigenvalue weighted by Crippen LogP contribution is -2.43. The summed E-state index contributed by atoms with van der Waals surface area (Å²) in [4.78, 5) is 9.00. The number of aliphatic hydroxyl groups excluding tert-OH is 4. The molecule has 0 rings (SSSR count). The molecule has 0 aromatic heterocycles. The summed E-state index contributed by atoms with van der Waals surface area (Å²) in [5.74, 6) is 0.0757. The van der Waals surface area contributed by atoms with E-state index < -0.39 is 0 Å². The fraction of sp³-hybridized carbons (Fsp3) is 0.926. The number of hydrogen-bond acceptors (Lipinski definition) is 15. The van der Waals surface area contributed by atoms with Crippen molar-refractivity contribution in [2.75, 3.05) is 132 Å². The Labute approximate surface area is 250 Å². The van der Waals surface area contributed by atoms with Crippen LogP contribution in [-0.4, -0.2) is 170 Å². The first-order valence-corrected chi connectivity index (χ1v) is 14.7. The Kier molecular flexibility index (Phi) is 31.8. The number of nitrogens with two attached hydrogens (primary N) is 1. The zero-order valence-corrected chi connectivity index (χ0v) is 25.3. The number of nitrogens with zero attached hydrogens (tertiary/aromatic N) is 2. The van der Waals surface area contributed by atoms with Crippen LogP contribution in [0.3, 0.4) is 0 Å². The van der Waals surface area contributed by atoms with Crippen LogP contribution in [-0.2, 0) is 33.2 Å². The van der Waals surface area contributed by atoms with Gasteiger partial charge in [-0.3, -0.25) is 15.3 Å². The topological polar surface area (TPSA) is 208 Å². The molecule has 0 amide bonds. The third-order valence-electron chi connectivity index (χ3n) is 5.61. The van der Waals surface area contributed by atoms with E-state index in [2.05, 4.69) is 15.3 Å². The number of ether oxygens (including phenoxy) is 7. The van der Waals surface area contributed by atoms with E-state index in [-0.39, 0.29) is 91.5 Å². The maximum absolute atomic E-state index is 9.14. The molecule has 15 heteroatoms. The maximum atomic E-state index is 9.14. The lowest BCUT2D eigenvalue weighted by atomic mass is 9.96. The van der Waals surface area contributed by atoms with Gasteiger partial charge in [-0.2, -0.15) is 0 Å². The standard InChI is InChI=1S/C27H56N4O11/c1-2-36-11-3-4-24(18-37-14-7-32)25(19-38-15-8-33)30-22-42-13-6-29-26(20-39-16-9-34)27(21-40-17-10-35)31-23-41-12-5-28/h24-25,30,32-35H,2-23,28H2,1H3. The van der Waals surface area contributed by atoms with Crippen LogP contribution in [0, 0.1) is 5.92 Å². The molecule has 0 aromatic carbocycles. The van der Waals surface area contributed by atoms with Gasteiger partial charge >= 0.3 is 0 Å². The first kappa shape index (κ1) is 40.8. The number of aliphatic imine (C=N–C) groups is 2. The molecule has 0 heterocycles. The Bertz CT molecular complexity index is 633. The van der Waals surface area contributed by atoms with Gasteiger partial charge in [0.25, 0.3) is 0 Å². The highest BCUT2D eigenvalue weighted by molar-refractivity contribution is 6.43. The van der Waals surface area contributed by atoms with Gasteiger partial charge in [-0.05, 0) is 25.7 Å². The van der Waals surface area contributed by atoms with Gasteiger partial charge in [0.05, 0.1) is 117 Å². The van der Waals surface area contributed by atoms with Crippen LogP contribution in [0.5, 0.6) is 0 Å². The Hall–Kier alpha value is -1.18. The van der Waals surface area contributed by atoms with Crippen molar-refractivity contribution in [3.8, 4) is 0 Å². The quantitative estimate of drug-likeness (QED) is 0.0275. The van der Waals surface area contributed by atoms with Crippen molar-refractivity contribution < 1.29 is 53.6 Å². The molecular formula is C27H56N4O11. The van der Waals surface area contributed by atoms with E-state index >= 15 is 0 Å². The fourth-order valence-corrected chi connectivity index (χ4v) is 3.59. The number of nitrogens with one attached hydrogen (secondary N) is 1. The fourth-order valence-electron chi connectivity index (χ4n) is 3.59. The van der Waals surface area contributed by atoms with E-state index in [1.165, 1.54) is 0 Å². The molecule has 0 aliphatic rings.